The molecule has 0 N–H and O–H groups in total. The van der Waals surface area contributed by atoms with Gasteiger partial charge >= 0.3 is 0 Å². The molecule has 0 bridgehead atoms. The van der Waals surface area contributed by atoms with Crippen molar-refractivity contribution in [2.45, 2.75) is 51.0 Å². The van der Waals surface area contributed by atoms with E-state index in [0.717, 1.165) is 25.7 Å². The van der Waals surface area contributed by atoms with Gasteiger partial charge in [-0.1, -0.05) is 11.2 Å². The fourth-order valence-electron chi connectivity index (χ4n) is 4.01. The van der Waals surface area contributed by atoms with Crippen molar-refractivity contribution in [1.82, 2.24) is 19.9 Å². The maximum Gasteiger partial charge on any atom is 0.254 e. The molecule has 1 saturated heterocycles. The Bertz CT molecular complexity index is 908. The number of likely N-dealkylation sites (tertiary alicyclic amines) is 1. The lowest BCUT2D eigenvalue weighted by Gasteiger charge is -2.39. The summed E-state index contributed by atoms with van der Waals surface area (Å²) >= 11 is 0. The van der Waals surface area contributed by atoms with Crippen molar-refractivity contribution in [3.05, 3.63) is 41.5 Å². The third-order valence-corrected chi connectivity index (χ3v) is 5.83. The predicted molar refractivity (Wildman–Crippen MR) is 109 cm³/mol. The highest BCUT2D eigenvalue weighted by Gasteiger charge is 2.31. The first-order valence-corrected chi connectivity index (χ1v) is 10.6. The molecule has 1 aliphatic heterocycles. The van der Waals surface area contributed by atoms with Crippen molar-refractivity contribution in [3.63, 3.8) is 0 Å². The number of piperidine rings is 1. The van der Waals surface area contributed by atoms with Crippen molar-refractivity contribution in [1.29, 1.82) is 0 Å². The lowest BCUT2D eigenvalue weighted by molar-refractivity contribution is -0.132. The smallest absolute Gasteiger partial charge is 0.254 e. The van der Waals surface area contributed by atoms with Gasteiger partial charge in [-0.25, -0.2) is 0 Å². The number of carbonyl (C=O) groups is 2. The molecule has 1 unspecified atom stereocenters. The number of nitrogens with zero attached hydrogens (tertiary/aromatic N) is 4. The average molecular weight is 412 g/mol. The largest absolute Gasteiger partial charge is 0.497 e. The van der Waals surface area contributed by atoms with Gasteiger partial charge in [0.1, 0.15) is 5.75 Å². The quantitative estimate of drug-likeness (QED) is 0.695. The van der Waals surface area contributed by atoms with Crippen LogP contribution in [0.2, 0.25) is 0 Å². The number of rotatable bonds is 7. The van der Waals surface area contributed by atoms with Gasteiger partial charge in [0.15, 0.2) is 5.82 Å². The number of amides is 2. The van der Waals surface area contributed by atoms with Gasteiger partial charge in [-0.3, -0.25) is 9.59 Å². The van der Waals surface area contributed by atoms with E-state index in [0.29, 0.717) is 55.0 Å². The second-order valence-electron chi connectivity index (χ2n) is 8.06. The minimum Gasteiger partial charge on any atom is -0.497 e. The molecule has 1 aromatic carbocycles. The van der Waals surface area contributed by atoms with E-state index in [2.05, 4.69) is 10.1 Å². The monoisotopic (exact) mass is 412 g/mol. The Morgan fingerprint density at radius 3 is 2.87 bits per heavy atom. The molecule has 1 aromatic heterocycles. The van der Waals surface area contributed by atoms with Crippen LogP contribution in [0.15, 0.2) is 28.8 Å². The van der Waals surface area contributed by atoms with Crippen LogP contribution in [0.1, 0.15) is 60.6 Å². The van der Waals surface area contributed by atoms with Gasteiger partial charge in [-0.2, -0.15) is 4.98 Å². The van der Waals surface area contributed by atoms with Crippen molar-refractivity contribution in [2.75, 3.05) is 26.7 Å². The molecule has 30 heavy (non-hydrogen) atoms. The molecule has 0 radical (unpaired) electrons. The normalized spacial score (nSPS) is 18.9. The van der Waals surface area contributed by atoms with Gasteiger partial charge < -0.3 is 19.1 Å². The summed E-state index contributed by atoms with van der Waals surface area (Å²) in [6.45, 7) is 3.31. The van der Waals surface area contributed by atoms with Gasteiger partial charge in [0.25, 0.3) is 5.91 Å². The minimum absolute atomic E-state index is 0.00147. The van der Waals surface area contributed by atoms with E-state index in [1.54, 1.807) is 26.2 Å². The highest BCUT2D eigenvalue weighted by molar-refractivity contribution is 5.94. The molecular weight excluding hydrogens is 384 g/mol. The first-order chi connectivity index (χ1) is 14.5. The van der Waals surface area contributed by atoms with E-state index in [1.807, 2.05) is 21.9 Å². The minimum atomic E-state index is -0.0330. The number of benzene rings is 1. The summed E-state index contributed by atoms with van der Waals surface area (Å²) in [6, 6.07) is 7.17. The second kappa shape index (κ2) is 8.85. The zero-order valence-electron chi connectivity index (χ0n) is 17.5. The fourth-order valence-corrected chi connectivity index (χ4v) is 4.01. The summed E-state index contributed by atoms with van der Waals surface area (Å²) in [4.78, 5) is 33.5. The van der Waals surface area contributed by atoms with Crippen LogP contribution < -0.4 is 4.74 Å². The van der Waals surface area contributed by atoms with Crippen molar-refractivity contribution in [3.8, 4) is 5.75 Å². The molecule has 2 aromatic rings. The molecule has 4 rings (SSSR count). The molecule has 2 amide bonds. The maximum absolute atomic E-state index is 13.0. The first-order valence-electron chi connectivity index (χ1n) is 10.6. The summed E-state index contributed by atoms with van der Waals surface area (Å²) in [5, 5.41) is 4.05. The second-order valence-corrected chi connectivity index (χ2v) is 8.06. The van der Waals surface area contributed by atoms with Crippen molar-refractivity contribution < 1.29 is 18.8 Å². The Morgan fingerprint density at radius 2 is 2.13 bits per heavy atom. The predicted octanol–water partition coefficient (Wildman–Crippen LogP) is 2.65. The lowest BCUT2D eigenvalue weighted by atomic mass is 10.0. The molecule has 1 saturated carbocycles. The van der Waals surface area contributed by atoms with E-state index in [1.165, 1.54) is 0 Å². The molecule has 1 aliphatic carbocycles. The summed E-state index contributed by atoms with van der Waals surface area (Å²) in [5.74, 6) is 2.40. The van der Waals surface area contributed by atoms with Gasteiger partial charge in [0.05, 0.1) is 7.11 Å². The summed E-state index contributed by atoms with van der Waals surface area (Å²) in [7, 11) is 1.59. The molecule has 1 atom stereocenters. The zero-order chi connectivity index (χ0) is 21.1. The number of carbonyl (C=O) groups excluding carboxylic acids is 2. The van der Waals surface area contributed by atoms with Crippen LogP contribution in [0.25, 0.3) is 0 Å². The van der Waals surface area contributed by atoms with E-state index in [9.17, 15) is 9.59 Å². The Labute approximate surface area is 176 Å². The third-order valence-electron chi connectivity index (χ3n) is 5.83. The highest BCUT2D eigenvalue weighted by Crippen LogP contribution is 2.38. The Hall–Kier alpha value is -2.90. The van der Waals surface area contributed by atoms with E-state index in [-0.39, 0.29) is 17.9 Å². The summed E-state index contributed by atoms with van der Waals surface area (Å²) in [5.41, 5.74) is 0.601. The van der Waals surface area contributed by atoms with E-state index >= 15 is 0 Å². The zero-order valence-corrected chi connectivity index (χ0v) is 17.5. The number of aromatic nitrogens is 2. The van der Waals surface area contributed by atoms with Crippen LogP contribution in [0, 0.1) is 0 Å². The van der Waals surface area contributed by atoms with Gasteiger partial charge in [0.2, 0.25) is 11.8 Å². The highest BCUT2D eigenvalue weighted by atomic mass is 16.5. The lowest BCUT2D eigenvalue weighted by Crippen LogP contribution is -2.51. The van der Waals surface area contributed by atoms with Gasteiger partial charge in [-0.05, 0) is 43.9 Å². The fraction of sp³-hybridized carbons (Fsp3) is 0.545. The number of hydrogen-bond donors (Lipinski definition) is 0. The van der Waals surface area contributed by atoms with Crippen LogP contribution in [-0.4, -0.2) is 64.5 Å². The number of ether oxygens (including phenoxy) is 1. The van der Waals surface area contributed by atoms with E-state index < -0.39 is 0 Å². The Kier molecular flexibility index (Phi) is 6.01. The van der Waals surface area contributed by atoms with E-state index in [4.69, 9.17) is 9.26 Å². The molecule has 2 heterocycles. The maximum atomic E-state index is 13.0. The Morgan fingerprint density at radius 1 is 1.30 bits per heavy atom. The van der Waals surface area contributed by atoms with Gasteiger partial charge in [-0.15, -0.1) is 0 Å². The SMILES string of the molecule is COc1cccc(C(=O)N2CCCC(N(CCc3noc(C4CC4)n3)C(C)=O)C2)c1. The topological polar surface area (TPSA) is 88.8 Å². The first kappa shape index (κ1) is 20.4. The number of hydrogen-bond acceptors (Lipinski definition) is 6. The molecule has 160 valence electrons. The molecular formula is C22H28N4O4. The average Bonchev–Trinajstić information content (AvgIpc) is 3.51. The van der Waals surface area contributed by atoms with Crippen LogP contribution in [0.4, 0.5) is 0 Å². The van der Waals surface area contributed by atoms with Crippen molar-refractivity contribution in [2.24, 2.45) is 0 Å². The van der Waals surface area contributed by atoms with Crippen LogP contribution in [0.5, 0.6) is 5.75 Å². The molecule has 8 heteroatoms. The van der Waals surface area contributed by atoms with Crippen LogP contribution in [-0.2, 0) is 11.2 Å². The van der Waals surface area contributed by atoms with Gasteiger partial charge in [0, 0.05) is 50.5 Å². The summed E-state index contributed by atoms with van der Waals surface area (Å²) in [6.07, 6.45) is 4.51. The molecule has 2 fully saturated rings. The number of methoxy groups -OCH3 is 1. The van der Waals surface area contributed by atoms with Crippen molar-refractivity contribution >= 4 is 11.8 Å². The van der Waals surface area contributed by atoms with Crippen LogP contribution in [0.3, 0.4) is 0 Å². The van der Waals surface area contributed by atoms with Crippen LogP contribution >= 0.6 is 0 Å². The summed E-state index contributed by atoms with van der Waals surface area (Å²) < 4.78 is 10.5. The molecule has 2 aliphatic rings. The standard InChI is InChI=1S/C22H28N4O4/c1-15(27)26(12-10-20-23-21(30-24-20)16-8-9-16)18-6-4-11-25(14-18)22(28)17-5-3-7-19(13-17)29-2/h3,5,7,13,16,18H,4,6,8-12,14H2,1-2H3. The molecule has 8 nitrogen and oxygen atoms in total. The molecule has 0 spiro atoms. The third kappa shape index (κ3) is 4.63. The Balaban J connectivity index is 1.39.